The maximum absolute atomic E-state index is 14.8. The number of aromatic nitrogens is 4. The van der Waals surface area contributed by atoms with Crippen LogP contribution in [0.25, 0.3) is 22.3 Å². The van der Waals surface area contributed by atoms with Crippen molar-refractivity contribution < 1.29 is 27.5 Å². The highest BCUT2D eigenvalue weighted by Gasteiger charge is 2.65. The fraction of sp³-hybridized carbons (Fsp3) is 0.607. The van der Waals surface area contributed by atoms with Crippen molar-refractivity contribution >= 4 is 28.3 Å². The highest BCUT2D eigenvalue weighted by atomic mass is 19.4. The van der Waals surface area contributed by atoms with Gasteiger partial charge < -0.3 is 29.7 Å². The molecule has 2 saturated heterocycles. The Hall–Kier alpha value is -3.39. The van der Waals surface area contributed by atoms with Crippen molar-refractivity contribution in [3.63, 3.8) is 0 Å². The number of anilines is 2. The number of halogens is 4. The number of aliphatic hydroxyl groups is 1. The quantitative estimate of drug-likeness (QED) is 0.380. The van der Waals surface area contributed by atoms with Crippen LogP contribution < -0.4 is 10.2 Å². The first-order chi connectivity index (χ1) is 19.7. The summed E-state index contributed by atoms with van der Waals surface area (Å²) < 4.78 is 57.3. The summed E-state index contributed by atoms with van der Waals surface area (Å²) in [5, 5.41) is 20.9. The van der Waals surface area contributed by atoms with Crippen LogP contribution in [0.1, 0.15) is 39.5 Å². The zero-order valence-electron chi connectivity index (χ0n) is 23.9. The maximum Gasteiger partial charge on any atom is 0.417 e. The van der Waals surface area contributed by atoms with Crippen molar-refractivity contribution in [3.8, 4) is 11.4 Å². The van der Waals surface area contributed by atoms with Gasteiger partial charge in [0.05, 0.1) is 35.3 Å². The van der Waals surface area contributed by atoms with Crippen LogP contribution in [-0.2, 0) is 6.54 Å². The van der Waals surface area contributed by atoms with E-state index in [0.29, 0.717) is 29.9 Å². The lowest BCUT2D eigenvalue weighted by atomic mass is 9.84. The van der Waals surface area contributed by atoms with E-state index in [4.69, 9.17) is 0 Å². The molecule has 2 amide bonds. The number of hydrogen-bond acceptors (Lipinski definition) is 6. The van der Waals surface area contributed by atoms with E-state index in [9.17, 15) is 27.5 Å². The van der Waals surface area contributed by atoms with Gasteiger partial charge in [0.2, 0.25) is 0 Å². The number of likely N-dealkylation sites (tertiary alicyclic amines) is 1. The van der Waals surface area contributed by atoms with Gasteiger partial charge in [-0.25, -0.2) is 9.18 Å². The average Bonchev–Trinajstić information content (AvgIpc) is 3.34. The lowest BCUT2D eigenvalue weighted by Gasteiger charge is -2.45. The van der Waals surface area contributed by atoms with Crippen LogP contribution in [0, 0.1) is 0 Å². The van der Waals surface area contributed by atoms with E-state index < -0.39 is 41.9 Å². The van der Waals surface area contributed by atoms with E-state index in [0.717, 1.165) is 42.8 Å². The Morgan fingerprint density at radius 1 is 1.10 bits per heavy atom. The molecule has 0 radical (unpaired) electrons. The normalized spacial score (nSPS) is 23.1. The van der Waals surface area contributed by atoms with E-state index in [2.05, 4.69) is 37.3 Å². The van der Waals surface area contributed by atoms with Crippen molar-refractivity contribution in [1.82, 2.24) is 29.5 Å². The molecule has 5 heterocycles. The lowest BCUT2D eigenvalue weighted by Crippen LogP contribution is -2.60. The molecule has 1 aliphatic carbocycles. The second-order valence-electron chi connectivity index (χ2n) is 12.7. The predicted molar refractivity (Wildman–Crippen MR) is 150 cm³/mol. The number of urea groups is 1. The van der Waals surface area contributed by atoms with Crippen LogP contribution in [-0.4, -0.2) is 103 Å². The third kappa shape index (κ3) is 5.19. The van der Waals surface area contributed by atoms with Crippen LogP contribution in [0.4, 0.5) is 33.7 Å². The van der Waals surface area contributed by atoms with E-state index >= 15 is 0 Å². The Morgan fingerprint density at radius 2 is 1.81 bits per heavy atom. The Bertz CT molecular complexity index is 1480. The van der Waals surface area contributed by atoms with Crippen molar-refractivity contribution in [1.29, 1.82) is 0 Å². The molecule has 3 aliphatic rings. The third-order valence-electron chi connectivity index (χ3n) is 8.82. The SMILES string of the molecule is CN1CCN(c2cn(CC(C)(C)F)c3cc(-c4[nH]ncc4NC(=O)N4CC[C@](O)(C(F)(F)F)CC45CC5)ncc23)CC1. The van der Waals surface area contributed by atoms with E-state index in [1.54, 1.807) is 6.20 Å². The van der Waals surface area contributed by atoms with Crippen molar-refractivity contribution in [2.75, 3.05) is 50.0 Å². The van der Waals surface area contributed by atoms with Crippen molar-refractivity contribution in [2.45, 2.75) is 69.1 Å². The van der Waals surface area contributed by atoms with Crippen molar-refractivity contribution in [2.24, 2.45) is 0 Å². The Balaban J connectivity index is 1.27. The van der Waals surface area contributed by atoms with Gasteiger partial charge in [-0.3, -0.25) is 10.1 Å². The number of carbonyl (C=O) groups is 1. The van der Waals surface area contributed by atoms with E-state index in [1.165, 1.54) is 24.9 Å². The first-order valence-corrected chi connectivity index (χ1v) is 14.2. The number of hydrogen-bond donors (Lipinski definition) is 3. The minimum absolute atomic E-state index is 0.134. The molecule has 14 heteroatoms. The molecule has 0 unspecified atom stereocenters. The molecular weight excluding hydrogens is 556 g/mol. The molecule has 1 spiro atoms. The second-order valence-corrected chi connectivity index (χ2v) is 12.7. The highest BCUT2D eigenvalue weighted by Crippen LogP contribution is 2.55. The molecule has 42 heavy (non-hydrogen) atoms. The third-order valence-corrected chi connectivity index (χ3v) is 8.82. The van der Waals surface area contributed by atoms with Crippen LogP contribution in [0.2, 0.25) is 0 Å². The summed E-state index contributed by atoms with van der Waals surface area (Å²) in [5.74, 6) is 0. The van der Waals surface area contributed by atoms with Crippen LogP contribution in [0.15, 0.2) is 24.7 Å². The summed E-state index contributed by atoms with van der Waals surface area (Å²) >= 11 is 0. The second kappa shape index (κ2) is 9.83. The van der Waals surface area contributed by atoms with E-state index in [1.807, 2.05) is 16.8 Å². The summed E-state index contributed by atoms with van der Waals surface area (Å²) in [5.41, 5.74) is -2.30. The zero-order valence-corrected chi connectivity index (χ0v) is 23.9. The molecule has 3 fully saturated rings. The number of aromatic amines is 1. The zero-order chi connectivity index (χ0) is 30.1. The smallest absolute Gasteiger partial charge is 0.380 e. The number of fused-ring (bicyclic) bond motifs is 1. The van der Waals surface area contributed by atoms with Gasteiger partial charge in [0.1, 0.15) is 11.4 Å². The van der Waals surface area contributed by atoms with Gasteiger partial charge in [0.25, 0.3) is 0 Å². The fourth-order valence-corrected chi connectivity index (χ4v) is 6.31. The summed E-state index contributed by atoms with van der Waals surface area (Å²) in [6, 6.07) is 1.27. The maximum atomic E-state index is 14.8. The standard InChI is InChI=1S/C28H36F4N8O2/c1-25(2,29)17-39-15-22(38-10-8-37(3)9-11-38)18-13-33-19(12-21(18)39)23-20(14-34-36-23)35-24(41)40-7-6-27(42,28(30,31)32)16-26(40)4-5-26/h12-15,42H,4-11,16-17H2,1-3H3,(H,34,36)(H,35,41)/t27-/m1/s1. The number of nitrogens with one attached hydrogen (secondary N) is 2. The molecule has 3 aromatic rings. The number of H-pyrrole nitrogens is 1. The largest absolute Gasteiger partial charge is 0.417 e. The van der Waals surface area contributed by atoms with Gasteiger partial charge in [-0.15, -0.1) is 0 Å². The Labute approximate surface area is 240 Å². The van der Waals surface area contributed by atoms with Gasteiger partial charge >= 0.3 is 12.2 Å². The predicted octanol–water partition coefficient (Wildman–Crippen LogP) is 4.38. The van der Waals surface area contributed by atoms with Gasteiger partial charge in [-0.1, -0.05) is 0 Å². The summed E-state index contributed by atoms with van der Waals surface area (Å²) in [4.78, 5) is 23.9. The number of carbonyl (C=O) groups excluding carboxylic acids is 1. The van der Waals surface area contributed by atoms with Gasteiger partial charge in [0.15, 0.2) is 5.60 Å². The number of rotatable bonds is 5. The van der Waals surface area contributed by atoms with Gasteiger partial charge in [-0.05, 0) is 39.8 Å². The van der Waals surface area contributed by atoms with Crippen LogP contribution >= 0.6 is 0 Å². The molecule has 3 aromatic heterocycles. The molecule has 3 N–H and O–H groups in total. The summed E-state index contributed by atoms with van der Waals surface area (Å²) in [6.07, 6.45) is 0.0467. The number of piperazine rings is 1. The number of nitrogens with zero attached hydrogens (tertiary/aromatic N) is 6. The van der Waals surface area contributed by atoms with Crippen molar-refractivity contribution in [3.05, 3.63) is 24.7 Å². The monoisotopic (exact) mass is 592 g/mol. The minimum atomic E-state index is -4.76. The number of piperidine rings is 1. The number of pyridine rings is 1. The summed E-state index contributed by atoms with van der Waals surface area (Å²) in [7, 11) is 2.08. The molecule has 1 atom stereocenters. The fourth-order valence-electron chi connectivity index (χ4n) is 6.31. The highest BCUT2D eigenvalue weighted by molar-refractivity contribution is 5.97. The Kier molecular flexibility index (Phi) is 6.72. The van der Waals surface area contributed by atoms with E-state index in [-0.39, 0.29) is 13.1 Å². The molecule has 1 saturated carbocycles. The van der Waals surface area contributed by atoms with Crippen LogP contribution in [0.3, 0.4) is 0 Å². The Morgan fingerprint density at radius 3 is 2.45 bits per heavy atom. The lowest BCUT2D eigenvalue weighted by molar-refractivity contribution is -0.277. The molecule has 6 rings (SSSR count). The number of likely N-dealkylation sites (N-methyl/N-ethyl adjacent to an activating group) is 1. The molecule has 10 nitrogen and oxygen atoms in total. The molecular formula is C28H36F4N8O2. The van der Waals surface area contributed by atoms with Gasteiger partial charge in [-0.2, -0.15) is 18.3 Å². The number of alkyl halides is 4. The molecule has 228 valence electrons. The average molecular weight is 593 g/mol. The molecule has 0 aromatic carbocycles. The van der Waals surface area contributed by atoms with Crippen LogP contribution in [0.5, 0.6) is 0 Å². The summed E-state index contributed by atoms with van der Waals surface area (Å²) in [6.45, 7) is 6.48. The minimum Gasteiger partial charge on any atom is -0.380 e. The molecule has 2 aliphatic heterocycles. The molecule has 0 bridgehead atoms. The first kappa shape index (κ1) is 28.7. The van der Waals surface area contributed by atoms with Gasteiger partial charge in [0, 0.05) is 68.9 Å². The topological polar surface area (TPSA) is 106 Å². The first-order valence-electron chi connectivity index (χ1n) is 14.2. The number of amides is 2.